The van der Waals surface area contributed by atoms with Crippen LogP contribution in [0.25, 0.3) is 0 Å². The standard InChI is InChI=1S/C10H20ClN/c1-9(2)12-7-5-3-4-6-10(12)8-11/h9-10H,3-8H2,1-2H3. The van der Waals surface area contributed by atoms with Crippen LogP contribution in [0.4, 0.5) is 0 Å². The zero-order valence-electron chi connectivity index (χ0n) is 8.22. The van der Waals surface area contributed by atoms with E-state index in [4.69, 9.17) is 11.6 Å². The first kappa shape index (κ1) is 10.3. The van der Waals surface area contributed by atoms with Gasteiger partial charge in [-0.3, -0.25) is 4.90 Å². The number of rotatable bonds is 2. The van der Waals surface area contributed by atoms with Crippen molar-refractivity contribution in [1.82, 2.24) is 4.90 Å². The van der Waals surface area contributed by atoms with E-state index in [0.29, 0.717) is 12.1 Å². The molecule has 1 atom stereocenters. The van der Waals surface area contributed by atoms with Crippen LogP contribution in [0.15, 0.2) is 0 Å². The Morgan fingerprint density at radius 2 is 2.08 bits per heavy atom. The highest BCUT2D eigenvalue weighted by Crippen LogP contribution is 2.19. The van der Waals surface area contributed by atoms with Crippen LogP contribution in [-0.4, -0.2) is 29.4 Å². The molecule has 1 aliphatic heterocycles. The lowest BCUT2D eigenvalue weighted by Crippen LogP contribution is -2.41. The highest BCUT2D eigenvalue weighted by Gasteiger charge is 2.21. The molecule has 0 saturated carbocycles. The van der Waals surface area contributed by atoms with Crippen LogP contribution in [-0.2, 0) is 0 Å². The van der Waals surface area contributed by atoms with Crippen molar-refractivity contribution in [2.45, 2.75) is 51.6 Å². The fourth-order valence-corrected chi connectivity index (χ4v) is 2.38. The van der Waals surface area contributed by atoms with Gasteiger partial charge in [-0.15, -0.1) is 11.6 Å². The third kappa shape index (κ3) is 2.63. The van der Waals surface area contributed by atoms with Crippen molar-refractivity contribution >= 4 is 11.6 Å². The van der Waals surface area contributed by atoms with E-state index in [1.54, 1.807) is 0 Å². The monoisotopic (exact) mass is 189 g/mol. The maximum absolute atomic E-state index is 5.95. The van der Waals surface area contributed by atoms with Crippen molar-refractivity contribution in [3.8, 4) is 0 Å². The van der Waals surface area contributed by atoms with E-state index in [1.165, 1.54) is 32.2 Å². The van der Waals surface area contributed by atoms with E-state index in [-0.39, 0.29) is 0 Å². The van der Waals surface area contributed by atoms with E-state index >= 15 is 0 Å². The summed E-state index contributed by atoms with van der Waals surface area (Å²) in [5, 5.41) is 0. The predicted molar refractivity (Wildman–Crippen MR) is 54.8 cm³/mol. The van der Waals surface area contributed by atoms with Gasteiger partial charge in [-0.1, -0.05) is 12.8 Å². The SMILES string of the molecule is CC(C)N1CCCCCC1CCl. The first-order valence-corrected chi connectivity index (χ1v) is 5.61. The van der Waals surface area contributed by atoms with Crippen molar-refractivity contribution in [2.75, 3.05) is 12.4 Å². The minimum absolute atomic E-state index is 0.633. The van der Waals surface area contributed by atoms with Crippen LogP contribution < -0.4 is 0 Å². The second-order valence-electron chi connectivity index (χ2n) is 3.99. The fourth-order valence-electron chi connectivity index (χ4n) is 2.05. The van der Waals surface area contributed by atoms with Gasteiger partial charge in [0.25, 0.3) is 0 Å². The van der Waals surface area contributed by atoms with Crippen LogP contribution in [0.5, 0.6) is 0 Å². The summed E-state index contributed by atoms with van der Waals surface area (Å²) in [6.45, 7) is 5.78. The lowest BCUT2D eigenvalue weighted by Gasteiger charge is -2.31. The van der Waals surface area contributed by atoms with Gasteiger partial charge in [0.2, 0.25) is 0 Å². The normalized spacial score (nSPS) is 27.5. The summed E-state index contributed by atoms with van der Waals surface area (Å²) in [7, 11) is 0. The Labute approximate surface area is 81.1 Å². The molecule has 0 aromatic rings. The molecular formula is C10H20ClN. The first-order chi connectivity index (χ1) is 5.75. The fraction of sp³-hybridized carbons (Fsp3) is 1.00. The Balaban J connectivity index is 2.51. The van der Waals surface area contributed by atoms with Crippen LogP contribution in [0.1, 0.15) is 39.5 Å². The Morgan fingerprint density at radius 3 is 2.67 bits per heavy atom. The molecule has 72 valence electrons. The molecule has 0 aromatic carbocycles. The minimum Gasteiger partial charge on any atom is -0.297 e. The Bertz CT molecular complexity index is 125. The molecule has 0 amide bonds. The molecule has 2 heteroatoms. The van der Waals surface area contributed by atoms with Gasteiger partial charge in [0, 0.05) is 18.0 Å². The third-order valence-electron chi connectivity index (χ3n) is 2.76. The molecule has 0 spiro atoms. The number of likely N-dealkylation sites (tertiary alicyclic amines) is 1. The van der Waals surface area contributed by atoms with E-state index in [9.17, 15) is 0 Å². The summed E-state index contributed by atoms with van der Waals surface area (Å²) in [5.41, 5.74) is 0. The maximum Gasteiger partial charge on any atom is 0.0379 e. The number of nitrogens with zero attached hydrogens (tertiary/aromatic N) is 1. The number of alkyl halides is 1. The summed E-state index contributed by atoms with van der Waals surface area (Å²) in [5.74, 6) is 0.804. The lowest BCUT2D eigenvalue weighted by molar-refractivity contribution is 0.170. The average Bonchev–Trinajstić information content (AvgIpc) is 2.27. The van der Waals surface area contributed by atoms with E-state index in [1.807, 2.05) is 0 Å². The highest BCUT2D eigenvalue weighted by molar-refractivity contribution is 6.18. The molecule has 0 radical (unpaired) electrons. The minimum atomic E-state index is 0.633. The summed E-state index contributed by atoms with van der Waals surface area (Å²) in [4.78, 5) is 2.56. The van der Waals surface area contributed by atoms with E-state index < -0.39 is 0 Å². The molecule has 1 saturated heterocycles. The van der Waals surface area contributed by atoms with Gasteiger partial charge in [-0.25, -0.2) is 0 Å². The molecule has 1 nitrogen and oxygen atoms in total. The molecule has 1 rings (SSSR count). The summed E-state index contributed by atoms with van der Waals surface area (Å²) >= 11 is 5.95. The van der Waals surface area contributed by atoms with Crippen molar-refractivity contribution in [3.63, 3.8) is 0 Å². The average molecular weight is 190 g/mol. The van der Waals surface area contributed by atoms with E-state index in [2.05, 4.69) is 18.7 Å². The molecule has 1 aliphatic rings. The molecule has 1 fully saturated rings. The Hall–Kier alpha value is 0.250. The number of hydrogen-bond donors (Lipinski definition) is 0. The highest BCUT2D eigenvalue weighted by atomic mass is 35.5. The Kier molecular flexibility index (Phi) is 4.38. The zero-order chi connectivity index (χ0) is 8.97. The largest absolute Gasteiger partial charge is 0.297 e. The number of hydrogen-bond acceptors (Lipinski definition) is 1. The molecule has 0 aliphatic carbocycles. The second-order valence-corrected chi connectivity index (χ2v) is 4.30. The Morgan fingerprint density at radius 1 is 1.33 bits per heavy atom. The van der Waals surface area contributed by atoms with Gasteiger partial charge in [-0.05, 0) is 33.2 Å². The van der Waals surface area contributed by atoms with Gasteiger partial charge >= 0.3 is 0 Å². The van der Waals surface area contributed by atoms with Crippen molar-refractivity contribution < 1.29 is 0 Å². The molecule has 0 bridgehead atoms. The molecule has 0 N–H and O–H groups in total. The van der Waals surface area contributed by atoms with Crippen LogP contribution >= 0.6 is 11.6 Å². The molecule has 0 aromatic heterocycles. The molecule has 1 unspecified atom stereocenters. The molecule has 1 heterocycles. The van der Waals surface area contributed by atoms with Crippen LogP contribution in [0.2, 0.25) is 0 Å². The van der Waals surface area contributed by atoms with Gasteiger partial charge in [0.1, 0.15) is 0 Å². The van der Waals surface area contributed by atoms with Gasteiger partial charge < -0.3 is 0 Å². The van der Waals surface area contributed by atoms with Crippen LogP contribution in [0.3, 0.4) is 0 Å². The third-order valence-corrected chi connectivity index (χ3v) is 3.12. The summed E-state index contributed by atoms with van der Waals surface area (Å²) < 4.78 is 0. The van der Waals surface area contributed by atoms with Crippen molar-refractivity contribution in [1.29, 1.82) is 0 Å². The zero-order valence-corrected chi connectivity index (χ0v) is 8.98. The topological polar surface area (TPSA) is 3.24 Å². The van der Waals surface area contributed by atoms with Gasteiger partial charge in [0.15, 0.2) is 0 Å². The molecule has 12 heavy (non-hydrogen) atoms. The number of halogens is 1. The van der Waals surface area contributed by atoms with Gasteiger partial charge in [0.05, 0.1) is 0 Å². The van der Waals surface area contributed by atoms with Crippen LogP contribution in [0, 0.1) is 0 Å². The maximum atomic E-state index is 5.95. The van der Waals surface area contributed by atoms with Crippen molar-refractivity contribution in [3.05, 3.63) is 0 Å². The quantitative estimate of drug-likeness (QED) is 0.604. The lowest BCUT2D eigenvalue weighted by atomic mass is 10.1. The summed E-state index contributed by atoms with van der Waals surface area (Å²) in [6.07, 6.45) is 5.39. The first-order valence-electron chi connectivity index (χ1n) is 5.07. The van der Waals surface area contributed by atoms with Crippen molar-refractivity contribution in [2.24, 2.45) is 0 Å². The van der Waals surface area contributed by atoms with Gasteiger partial charge in [-0.2, -0.15) is 0 Å². The second kappa shape index (κ2) is 5.08. The predicted octanol–water partition coefficient (Wildman–Crippen LogP) is 2.88. The summed E-state index contributed by atoms with van der Waals surface area (Å²) in [6, 6.07) is 1.29. The molecular weight excluding hydrogens is 170 g/mol. The smallest absolute Gasteiger partial charge is 0.0379 e. The van der Waals surface area contributed by atoms with E-state index in [0.717, 1.165) is 5.88 Å².